The molecule has 1 amide bonds. The van der Waals surface area contributed by atoms with Crippen LogP contribution in [0.5, 0.6) is 0 Å². The van der Waals surface area contributed by atoms with E-state index in [-0.39, 0.29) is 12.1 Å². The van der Waals surface area contributed by atoms with Crippen LogP contribution >= 0.6 is 0 Å². The third-order valence-electron chi connectivity index (χ3n) is 3.04. The minimum absolute atomic E-state index is 0.0774. The molecule has 2 bridgehead atoms. The van der Waals surface area contributed by atoms with Crippen LogP contribution in [0.2, 0.25) is 0 Å². The van der Waals surface area contributed by atoms with Crippen molar-refractivity contribution in [1.29, 1.82) is 0 Å². The lowest BCUT2D eigenvalue weighted by Gasteiger charge is -2.33. The van der Waals surface area contributed by atoms with Gasteiger partial charge in [-0.2, -0.15) is 0 Å². The number of carboxylic acids is 1. The van der Waals surface area contributed by atoms with E-state index >= 15 is 0 Å². The van der Waals surface area contributed by atoms with Crippen LogP contribution in [0.15, 0.2) is 0 Å². The molecule has 2 aliphatic rings. The first kappa shape index (κ1) is 12.2. The molecule has 96 valence electrons. The Morgan fingerprint density at radius 3 is 2.53 bits per heavy atom. The van der Waals surface area contributed by atoms with Crippen LogP contribution < -0.4 is 5.32 Å². The highest BCUT2D eigenvalue weighted by atomic mass is 16.6. The van der Waals surface area contributed by atoms with Crippen molar-refractivity contribution in [2.24, 2.45) is 0 Å². The molecule has 0 aromatic carbocycles. The van der Waals surface area contributed by atoms with Crippen molar-refractivity contribution in [3.05, 3.63) is 0 Å². The minimum atomic E-state index is -0.911. The molecule has 3 atom stereocenters. The molecule has 0 aromatic rings. The van der Waals surface area contributed by atoms with Crippen LogP contribution in [0.1, 0.15) is 27.2 Å². The van der Waals surface area contributed by atoms with E-state index in [2.05, 4.69) is 5.32 Å². The van der Waals surface area contributed by atoms with E-state index in [1.165, 1.54) is 4.90 Å². The number of piperazine rings is 1. The lowest BCUT2D eigenvalue weighted by Crippen LogP contribution is -2.56. The summed E-state index contributed by atoms with van der Waals surface area (Å²) in [6.45, 7) is 5.92. The molecule has 6 heteroatoms. The quantitative estimate of drug-likeness (QED) is 0.696. The fraction of sp³-hybridized carbons (Fsp3) is 0.818. The van der Waals surface area contributed by atoms with Gasteiger partial charge in [-0.05, 0) is 27.2 Å². The van der Waals surface area contributed by atoms with Crippen molar-refractivity contribution in [1.82, 2.24) is 10.2 Å². The van der Waals surface area contributed by atoms with Gasteiger partial charge >= 0.3 is 12.1 Å². The van der Waals surface area contributed by atoms with Gasteiger partial charge in [-0.25, -0.2) is 4.79 Å². The average Bonchev–Trinajstić information content (AvgIpc) is 2.72. The number of aliphatic carboxylic acids is 1. The summed E-state index contributed by atoms with van der Waals surface area (Å²) in [6.07, 6.45) is 0.272. The number of nitrogens with zero attached hydrogens (tertiary/aromatic N) is 1. The monoisotopic (exact) mass is 242 g/mol. The molecule has 0 aromatic heterocycles. The van der Waals surface area contributed by atoms with Crippen LogP contribution in [-0.2, 0) is 9.53 Å². The minimum Gasteiger partial charge on any atom is -0.480 e. The standard InChI is InChI=1S/C11H18N2O4/c1-11(2,3)17-10(16)13-5-6-4-7(13)8(12-6)9(14)15/h6-8,12H,4-5H2,1-3H3,(H,14,15)/t6-,7-,8?/m0/s1. The number of ether oxygens (including phenoxy) is 1. The molecule has 2 N–H and O–H groups in total. The van der Waals surface area contributed by atoms with Crippen molar-refractivity contribution >= 4 is 12.1 Å². The van der Waals surface area contributed by atoms with Crippen molar-refractivity contribution < 1.29 is 19.4 Å². The number of fused-ring (bicyclic) bond motifs is 2. The summed E-state index contributed by atoms with van der Waals surface area (Å²) >= 11 is 0. The largest absolute Gasteiger partial charge is 0.480 e. The molecule has 2 rings (SSSR count). The topological polar surface area (TPSA) is 78.9 Å². The number of carbonyl (C=O) groups excluding carboxylic acids is 1. The van der Waals surface area contributed by atoms with E-state index in [9.17, 15) is 9.59 Å². The number of likely N-dealkylation sites (tertiary alicyclic amines) is 1. The normalized spacial score (nSPS) is 31.7. The highest BCUT2D eigenvalue weighted by Gasteiger charge is 2.50. The molecule has 6 nitrogen and oxygen atoms in total. The molecule has 1 unspecified atom stereocenters. The Morgan fingerprint density at radius 1 is 1.41 bits per heavy atom. The van der Waals surface area contributed by atoms with E-state index < -0.39 is 23.7 Å². The van der Waals surface area contributed by atoms with Gasteiger partial charge < -0.3 is 14.7 Å². The van der Waals surface area contributed by atoms with E-state index in [4.69, 9.17) is 9.84 Å². The predicted octanol–water partition coefficient (Wildman–Crippen LogP) is 0.421. The molecule has 17 heavy (non-hydrogen) atoms. The zero-order chi connectivity index (χ0) is 12.8. The zero-order valence-electron chi connectivity index (χ0n) is 10.3. The smallest absolute Gasteiger partial charge is 0.410 e. The second-order valence-corrected chi connectivity index (χ2v) is 5.62. The lowest BCUT2D eigenvalue weighted by atomic mass is 10.1. The highest BCUT2D eigenvalue weighted by Crippen LogP contribution is 2.29. The summed E-state index contributed by atoms with van der Waals surface area (Å²) in [5.74, 6) is -0.911. The Hall–Kier alpha value is -1.30. The second kappa shape index (κ2) is 3.87. The Balaban J connectivity index is 2.04. The molecule has 0 spiro atoms. The molecule has 2 aliphatic heterocycles. The Kier molecular flexibility index (Phi) is 2.77. The summed E-state index contributed by atoms with van der Waals surface area (Å²) < 4.78 is 5.27. The van der Waals surface area contributed by atoms with Crippen LogP contribution in [0.25, 0.3) is 0 Å². The molecular formula is C11H18N2O4. The second-order valence-electron chi connectivity index (χ2n) is 5.62. The first-order chi connectivity index (χ1) is 7.78. The highest BCUT2D eigenvalue weighted by molar-refractivity contribution is 5.78. The fourth-order valence-corrected chi connectivity index (χ4v) is 2.43. The van der Waals surface area contributed by atoms with Crippen molar-refractivity contribution in [2.75, 3.05) is 6.54 Å². The predicted molar refractivity (Wildman–Crippen MR) is 59.7 cm³/mol. The van der Waals surface area contributed by atoms with Crippen LogP contribution in [0.4, 0.5) is 4.79 Å². The number of carbonyl (C=O) groups is 2. The van der Waals surface area contributed by atoms with Gasteiger partial charge in [-0.15, -0.1) is 0 Å². The molecule has 2 fully saturated rings. The van der Waals surface area contributed by atoms with Gasteiger partial charge in [0.2, 0.25) is 0 Å². The van der Waals surface area contributed by atoms with Crippen LogP contribution in [-0.4, -0.2) is 52.3 Å². The maximum absolute atomic E-state index is 11.9. The van der Waals surface area contributed by atoms with Crippen molar-refractivity contribution in [3.8, 4) is 0 Å². The van der Waals surface area contributed by atoms with Crippen LogP contribution in [0.3, 0.4) is 0 Å². The Labute approximate surface area is 99.9 Å². The number of nitrogens with one attached hydrogen (secondary N) is 1. The van der Waals surface area contributed by atoms with Gasteiger partial charge in [0, 0.05) is 12.6 Å². The SMILES string of the molecule is CC(C)(C)OC(=O)N1C[C@@H]2C[C@H]1C(C(=O)O)N2. The number of amides is 1. The number of carboxylic acid groups (broad SMARTS) is 1. The summed E-state index contributed by atoms with van der Waals surface area (Å²) in [4.78, 5) is 24.4. The van der Waals surface area contributed by atoms with Gasteiger partial charge in [0.05, 0.1) is 6.04 Å². The molecule has 0 aliphatic carbocycles. The average molecular weight is 242 g/mol. The first-order valence-corrected chi connectivity index (χ1v) is 5.76. The molecular weight excluding hydrogens is 224 g/mol. The molecule has 0 radical (unpaired) electrons. The van der Waals surface area contributed by atoms with E-state index in [0.29, 0.717) is 13.0 Å². The van der Waals surface area contributed by atoms with Gasteiger partial charge in [0.25, 0.3) is 0 Å². The Morgan fingerprint density at radius 2 is 2.06 bits per heavy atom. The van der Waals surface area contributed by atoms with Crippen molar-refractivity contribution in [3.63, 3.8) is 0 Å². The summed E-state index contributed by atoms with van der Waals surface area (Å²) in [7, 11) is 0. The number of hydrogen-bond donors (Lipinski definition) is 2. The van der Waals surface area contributed by atoms with Gasteiger partial charge in [-0.3, -0.25) is 10.1 Å². The maximum Gasteiger partial charge on any atom is 0.410 e. The molecule has 2 heterocycles. The third kappa shape index (κ3) is 2.36. The van der Waals surface area contributed by atoms with Crippen LogP contribution in [0, 0.1) is 0 Å². The Bertz CT molecular complexity index is 350. The third-order valence-corrected chi connectivity index (χ3v) is 3.04. The van der Waals surface area contributed by atoms with Gasteiger partial charge in [-0.1, -0.05) is 0 Å². The molecule has 0 saturated carbocycles. The van der Waals surface area contributed by atoms with Crippen molar-refractivity contribution in [2.45, 2.75) is 50.9 Å². The lowest BCUT2D eigenvalue weighted by molar-refractivity contribution is -0.140. The van der Waals surface area contributed by atoms with E-state index in [1.54, 1.807) is 20.8 Å². The number of hydrogen-bond acceptors (Lipinski definition) is 4. The zero-order valence-corrected chi connectivity index (χ0v) is 10.3. The summed E-state index contributed by atoms with van der Waals surface area (Å²) in [5, 5.41) is 12.0. The van der Waals surface area contributed by atoms with E-state index in [1.807, 2.05) is 0 Å². The molecule has 2 saturated heterocycles. The van der Waals surface area contributed by atoms with E-state index in [0.717, 1.165) is 0 Å². The number of rotatable bonds is 1. The summed E-state index contributed by atoms with van der Waals surface area (Å²) in [6, 6.07) is -0.873. The maximum atomic E-state index is 11.9. The summed E-state index contributed by atoms with van der Waals surface area (Å²) in [5.41, 5.74) is -0.551. The van der Waals surface area contributed by atoms with Gasteiger partial charge in [0.1, 0.15) is 11.6 Å². The first-order valence-electron chi connectivity index (χ1n) is 5.76. The van der Waals surface area contributed by atoms with Gasteiger partial charge in [0.15, 0.2) is 0 Å². The fourth-order valence-electron chi connectivity index (χ4n) is 2.43.